The van der Waals surface area contributed by atoms with Gasteiger partial charge in [0.1, 0.15) is 18.0 Å². The van der Waals surface area contributed by atoms with E-state index in [1.807, 2.05) is 0 Å². The smallest absolute Gasteiger partial charge is 0.410 e. The number of likely N-dealkylation sites (N-methyl/N-ethyl adjacent to an activating group) is 1. The topological polar surface area (TPSA) is 158 Å². The first-order chi connectivity index (χ1) is 17.0. The van der Waals surface area contributed by atoms with Crippen LogP contribution in [0.4, 0.5) is 27.9 Å². The molecule has 11 heteroatoms. The largest absolute Gasteiger partial charge is 0.444 e. The lowest BCUT2D eigenvalue weighted by Crippen LogP contribution is -2.41. The third kappa shape index (κ3) is 9.13. The Kier molecular flexibility index (Phi) is 10.0. The van der Waals surface area contributed by atoms with Gasteiger partial charge in [-0.3, -0.25) is 4.79 Å². The fraction of sp³-hybridized carbons (Fsp3) is 0.400. The molecule has 2 aromatic rings. The normalized spacial score (nSPS) is 10.5. The number of amides is 2. The number of unbranched alkanes of at least 4 members (excludes halogenated alkanes) is 1. The quantitative estimate of drug-likeness (QED) is 0.154. The summed E-state index contributed by atoms with van der Waals surface area (Å²) >= 11 is 0. The van der Waals surface area contributed by atoms with E-state index in [4.69, 9.17) is 15.9 Å². The Morgan fingerprint density at radius 1 is 1.31 bits per heavy atom. The van der Waals surface area contributed by atoms with Gasteiger partial charge in [-0.25, -0.2) is 9.78 Å². The number of hydrogen-bond acceptors (Lipinski definition) is 9. The number of carbonyl (C=O) groups is 2. The molecule has 6 N–H and O–H groups in total. The molecule has 0 saturated heterocycles. The molecule has 0 saturated carbocycles. The number of aromatic nitrogens is 2. The number of nitrogens with two attached hydrogens (primary N) is 1. The van der Waals surface area contributed by atoms with E-state index in [1.54, 1.807) is 52.2 Å². The zero-order valence-electron chi connectivity index (χ0n) is 21.4. The number of carbonyl (C=O) groups excluding carboxylic acids is 2. The average Bonchev–Trinajstić information content (AvgIpc) is 2.80. The third-order valence-electron chi connectivity index (χ3n) is 4.63. The van der Waals surface area contributed by atoms with Crippen LogP contribution in [0, 0.1) is 17.3 Å². The lowest BCUT2D eigenvalue weighted by Gasteiger charge is -2.24. The van der Waals surface area contributed by atoms with Crippen LogP contribution in [-0.2, 0) is 9.53 Å². The second-order valence-corrected chi connectivity index (χ2v) is 8.91. The number of anilines is 4. The van der Waals surface area contributed by atoms with E-state index in [2.05, 4.69) is 37.8 Å². The molecular weight excluding hydrogens is 460 g/mol. The van der Waals surface area contributed by atoms with Crippen LogP contribution in [0.3, 0.4) is 0 Å². The van der Waals surface area contributed by atoms with Crippen LogP contribution in [0.25, 0.3) is 0 Å². The number of hydrogen-bond donors (Lipinski definition) is 5. The van der Waals surface area contributed by atoms with Crippen molar-refractivity contribution in [1.29, 1.82) is 5.41 Å². The lowest BCUT2D eigenvalue weighted by molar-refractivity contribution is -0.122. The van der Waals surface area contributed by atoms with E-state index in [0.717, 1.165) is 0 Å². The molecule has 0 atom stereocenters. The minimum absolute atomic E-state index is 0.0801. The van der Waals surface area contributed by atoms with Crippen LogP contribution < -0.4 is 21.7 Å². The monoisotopic (exact) mass is 494 g/mol. The summed E-state index contributed by atoms with van der Waals surface area (Å²) in [7, 11) is 3.27. The van der Waals surface area contributed by atoms with E-state index in [-0.39, 0.29) is 12.5 Å². The minimum atomic E-state index is -0.613. The second-order valence-electron chi connectivity index (χ2n) is 8.91. The zero-order chi connectivity index (χ0) is 26.7. The van der Waals surface area contributed by atoms with Crippen molar-refractivity contribution in [2.75, 3.05) is 43.6 Å². The third-order valence-corrected chi connectivity index (χ3v) is 4.63. The maximum Gasteiger partial charge on any atom is 0.410 e. The van der Waals surface area contributed by atoms with Gasteiger partial charge >= 0.3 is 6.09 Å². The summed E-state index contributed by atoms with van der Waals surface area (Å²) in [6.07, 6.45) is 3.48. The standard InChI is InChI=1S/C25H34N8O3/c1-25(2,3)36-24(35)33(5)16-21(34)29-12-8-6-7-9-18-15-30-23(32-22(18)28-4)31-19-11-10-17(14-26)20(27)13-19/h10-11,13-15,26H,6,8,12,16,27H2,1-5H3,(H,29,34)(H2,28,30,31,32). The van der Waals surface area contributed by atoms with Gasteiger partial charge in [0.15, 0.2) is 0 Å². The molecule has 0 aliphatic carbocycles. The van der Waals surface area contributed by atoms with E-state index in [9.17, 15) is 9.59 Å². The highest BCUT2D eigenvalue weighted by Gasteiger charge is 2.20. The number of benzene rings is 1. The van der Waals surface area contributed by atoms with Crippen molar-refractivity contribution in [1.82, 2.24) is 20.2 Å². The predicted molar refractivity (Wildman–Crippen MR) is 142 cm³/mol. The lowest BCUT2D eigenvalue weighted by atomic mass is 10.2. The number of nitrogens with zero attached hydrogens (tertiary/aromatic N) is 3. The van der Waals surface area contributed by atoms with Crippen LogP contribution in [-0.4, -0.2) is 65.9 Å². The second kappa shape index (κ2) is 12.9. The molecule has 2 rings (SSSR count). The summed E-state index contributed by atoms with van der Waals surface area (Å²) in [5.74, 6) is 6.79. The molecule has 0 fully saturated rings. The minimum Gasteiger partial charge on any atom is -0.444 e. The molecule has 2 amide bonds. The molecule has 192 valence electrons. The number of rotatable bonds is 9. The molecule has 0 bridgehead atoms. The predicted octanol–water partition coefficient (Wildman–Crippen LogP) is 2.96. The van der Waals surface area contributed by atoms with Crippen molar-refractivity contribution in [3.8, 4) is 11.8 Å². The van der Waals surface area contributed by atoms with Gasteiger partial charge in [0.05, 0.1) is 11.8 Å². The Morgan fingerprint density at radius 2 is 2.06 bits per heavy atom. The molecule has 36 heavy (non-hydrogen) atoms. The van der Waals surface area contributed by atoms with Crippen LogP contribution in [0.15, 0.2) is 24.4 Å². The van der Waals surface area contributed by atoms with E-state index < -0.39 is 11.7 Å². The Bertz CT molecular complexity index is 1150. The van der Waals surface area contributed by atoms with Crippen LogP contribution >= 0.6 is 0 Å². The van der Waals surface area contributed by atoms with Crippen molar-refractivity contribution >= 4 is 41.4 Å². The molecule has 1 aromatic heterocycles. The molecule has 11 nitrogen and oxygen atoms in total. The van der Waals surface area contributed by atoms with Crippen molar-refractivity contribution in [2.45, 2.75) is 39.2 Å². The van der Waals surface area contributed by atoms with E-state index in [1.165, 1.54) is 18.2 Å². The maximum atomic E-state index is 12.0. The van der Waals surface area contributed by atoms with Crippen molar-refractivity contribution in [3.63, 3.8) is 0 Å². The number of nitrogens with one attached hydrogen (secondary N) is 4. The van der Waals surface area contributed by atoms with Gasteiger partial charge in [0, 0.05) is 50.2 Å². The van der Waals surface area contributed by atoms with Gasteiger partial charge in [-0.05, 0) is 45.4 Å². The summed E-state index contributed by atoms with van der Waals surface area (Å²) in [5, 5.41) is 16.2. The molecule has 0 spiro atoms. The van der Waals surface area contributed by atoms with Gasteiger partial charge < -0.3 is 36.7 Å². The highest BCUT2D eigenvalue weighted by atomic mass is 16.6. The summed E-state index contributed by atoms with van der Waals surface area (Å²) in [5.41, 5.74) is 7.77. The summed E-state index contributed by atoms with van der Waals surface area (Å²) in [4.78, 5) is 33.9. The maximum absolute atomic E-state index is 12.0. The first-order valence-electron chi connectivity index (χ1n) is 11.4. The Morgan fingerprint density at radius 3 is 2.69 bits per heavy atom. The fourth-order valence-corrected chi connectivity index (χ4v) is 2.88. The zero-order valence-corrected chi connectivity index (χ0v) is 21.4. The summed E-state index contributed by atoms with van der Waals surface area (Å²) < 4.78 is 5.23. The number of nitrogen functional groups attached to an aromatic ring is 1. The average molecular weight is 495 g/mol. The fourth-order valence-electron chi connectivity index (χ4n) is 2.88. The first kappa shape index (κ1) is 27.9. The highest BCUT2D eigenvalue weighted by molar-refractivity contribution is 5.86. The van der Waals surface area contributed by atoms with E-state index in [0.29, 0.717) is 53.7 Å². The van der Waals surface area contributed by atoms with Crippen LogP contribution in [0.1, 0.15) is 44.7 Å². The van der Waals surface area contributed by atoms with Gasteiger partial charge in [-0.15, -0.1) is 0 Å². The van der Waals surface area contributed by atoms with Crippen LogP contribution in [0.2, 0.25) is 0 Å². The molecule has 0 unspecified atom stereocenters. The van der Waals surface area contributed by atoms with E-state index >= 15 is 0 Å². The number of ether oxygens (including phenoxy) is 1. The van der Waals surface area contributed by atoms with Crippen molar-refractivity contribution in [2.24, 2.45) is 0 Å². The molecule has 1 heterocycles. The molecular formula is C25H34N8O3. The van der Waals surface area contributed by atoms with Crippen molar-refractivity contribution < 1.29 is 14.3 Å². The van der Waals surface area contributed by atoms with Gasteiger partial charge in [0.25, 0.3) is 0 Å². The van der Waals surface area contributed by atoms with Gasteiger partial charge in [-0.1, -0.05) is 11.8 Å². The first-order valence-corrected chi connectivity index (χ1v) is 11.4. The summed E-state index contributed by atoms with van der Waals surface area (Å²) in [6, 6.07) is 5.25. The highest BCUT2D eigenvalue weighted by Crippen LogP contribution is 2.20. The molecule has 0 aliphatic rings. The van der Waals surface area contributed by atoms with Gasteiger partial charge in [-0.2, -0.15) is 4.98 Å². The molecule has 0 radical (unpaired) electrons. The SMILES string of the molecule is CNc1nc(Nc2ccc(C=N)c(N)c2)ncc1C#CCCCNC(=O)CN(C)C(=O)OC(C)(C)C. The Hall–Kier alpha value is -4.33. The summed E-state index contributed by atoms with van der Waals surface area (Å²) in [6.45, 7) is 5.67. The van der Waals surface area contributed by atoms with Crippen LogP contribution in [0.5, 0.6) is 0 Å². The Labute approximate surface area is 211 Å². The van der Waals surface area contributed by atoms with Crippen molar-refractivity contribution in [3.05, 3.63) is 35.5 Å². The molecule has 0 aliphatic heterocycles. The Balaban J connectivity index is 1.82. The molecule has 1 aromatic carbocycles. The van der Waals surface area contributed by atoms with Gasteiger partial charge in [0.2, 0.25) is 11.9 Å².